The Kier molecular flexibility index (Phi) is 6.03. The van der Waals surface area contributed by atoms with Crippen LogP contribution in [0.1, 0.15) is 5.56 Å². The second-order valence-corrected chi connectivity index (χ2v) is 6.99. The summed E-state index contributed by atoms with van der Waals surface area (Å²) in [7, 11) is 0.315. The van der Waals surface area contributed by atoms with E-state index in [9.17, 15) is 13.2 Å². The van der Waals surface area contributed by atoms with Crippen molar-refractivity contribution in [2.75, 3.05) is 47.6 Å². The first-order valence-corrected chi connectivity index (χ1v) is 8.77. The van der Waals surface area contributed by atoms with Gasteiger partial charge in [0.15, 0.2) is 11.5 Å². The third-order valence-electron chi connectivity index (χ3n) is 3.72. The highest BCUT2D eigenvalue weighted by molar-refractivity contribution is 7.89. The molecule has 0 aliphatic carbocycles. The van der Waals surface area contributed by atoms with Gasteiger partial charge in [-0.15, -0.1) is 0 Å². The van der Waals surface area contributed by atoms with Gasteiger partial charge in [0.2, 0.25) is 10.0 Å². The van der Waals surface area contributed by atoms with Crippen LogP contribution < -0.4 is 9.47 Å². The summed E-state index contributed by atoms with van der Waals surface area (Å²) in [5, 5.41) is 0. The summed E-state index contributed by atoms with van der Waals surface area (Å²) in [5.41, 5.74) is 0.297. The molecule has 1 heterocycles. The predicted octanol–water partition coefficient (Wildman–Crippen LogP) is 0.440. The smallest absolute Gasteiger partial charge is 0.310 e. The summed E-state index contributed by atoms with van der Waals surface area (Å²) in [5.74, 6) is 0.0796. The van der Waals surface area contributed by atoms with Gasteiger partial charge in [-0.2, -0.15) is 4.31 Å². The van der Waals surface area contributed by atoms with Crippen molar-refractivity contribution in [1.82, 2.24) is 4.31 Å². The van der Waals surface area contributed by atoms with Crippen molar-refractivity contribution >= 4 is 16.0 Å². The Morgan fingerprint density at radius 1 is 1.12 bits per heavy atom. The maximum atomic E-state index is 13.0. The summed E-state index contributed by atoms with van der Waals surface area (Å²) in [6.07, 6.45) is -0.185. The number of morpholine rings is 1. The van der Waals surface area contributed by atoms with Gasteiger partial charge in [-0.25, -0.2) is 8.42 Å². The highest BCUT2D eigenvalue weighted by Gasteiger charge is 2.30. The molecule has 1 fully saturated rings. The van der Waals surface area contributed by atoms with Crippen LogP contribution in [0.25, 0.3) is 0 Å². The molecule has 1 aromatic carbocycles. The number of sulfonamides is 1. The lowest BCUT2D eigenvalue weighted by Crippen LogP contribution is -2.41. The molecule has 9 heteroatoms. The van der Waals surface area contributed by atoms with E-state index in [0.717, 1.165) is 0 Å². The molecule has 0 aromatic heterocycles. The molecule has 8 nitrogen and oxygen atoms in total. The van der Waals surface area contributed by atoms with Crippen molar-refractivity contribution in [3.05, 3.63) is 17.7 Å². The number of methoxy groups -OCH3 is 3. The van der Waals surface area contributed by atoms with E-state index in [0.29, 0.717) is 24.5 Å². The molecular weight excluding hydrogens is 338 g/mol. The number of rotatable bonds is 6. The molecule has 0 atom stereocenters. The second kappa shape index (κ2) is 7.82. The molecule has 1 aliphatic rings. The van der Waals surface area contributed by atoms with Gasteiger partial charge >= 0.3 is 5.97 Å². The van der Waals surface area contributed by atoms with Gasteiger partial charge in [-0.05, 0) is 11.6 Å². The Morgan fingerprint density at radius 3 is 2.25 bits per heavy atom. The molecule has 134 valence electrons. The Morgan fingerprint density at radius 2 is 1.71 bits per heavy atom. The molecule has 0 bridgehead atoms. The summed E-state index contributed by atoms with van der Waals surface area (Å²) < 4.78 is 47.5. The molecule has 0 spiro atoms. The van der Waals surface area contributed by atoms with E-state index >= 15 is 0 Å². The third kappa shape index (κ3) is 3.80. The molecule has 0 N–H and O–H groups in total. The van der Waals surface area contributed by atoms with Crippen LogP contribution in [-0.4, -0.2) is 66.3 Å². The average Bonchev–Trinajstić information content (AvgIpc) is 2.61. The molecular formula is C15H21NO7S. The lowest BCUT2D eigenvalue weighted by Gasteiger charge is -2.27. The fraction of sp³-hybridized carbons (Fsp3) is 0.533. The Labute approximate surface area is 141 Å². The van der Waals surface area contributed by atoms with E-state index in [1.54, 1.807) is 0 Å². The molecule has 0 radical (unpaired) electrons. The lowest BCUT2D eigenvalue weighted by molar-refractivity contribution is -0.139. The van der Waals surface area contributed by atoms with Gasteiger partial charge in [0.05, 0.1) is 45.9 Å². The SMILES string of the molecule is COC(=O)Cc1cc(OC)c(OC)cc1S(=O)(=O)N1CCOCC1. The normalized spacial score (nSPS) is 15.8. The quantitative estimate of drug-likeness (QED) is 0.681. The number of carbonyl (C=O) groups excluding carboxylic acids is 1. The summed E-state index contributed by atoms with van der Waals surface area (Å²) in [4.78, 5) is 11.7. The maximum absolute atomic E-state index is 13.0. The van der Waals surface area contributed by atoms with Crippen LogP contribution in [0, 0.1) is 0 Å². The van der Waals surface area contributed by atoms with Gasteiger partial charge in [-0.1, -0.05) is 0 Å². The van der Waals surface area contributed by atoms with Gasteiger partial charge in [0, 0.05) is 19.2 Å². The molecule has 2 rings (SSSR count). The van der Waals surface area contributed by atoms with Crippen molar-refractivity contribution in [3.63, 3.8) is 0 Å². The van der Waals surface area contributed by atoms with Crippen molar-refractivity contribution in [2.24, 2.45) is 0 Å². The summed E-state index contributed by atoms with van der Waals surface area (Å²) in [6, 6.07) is 2.87. The minimum atomic E-state index is -3.79. The van der Waals surface area contributed by atoms with Gasteiger partial charge in [-0.3, -0.25) is 4.79 Å². The number of carbonyl (C=O) groups is 1. The minimum absolute atomic E-state index is 0.00690. The second-order valence-electron chi connectivity index (χ2n) is 5.08. The van der Waals surface area contributed by atoms with Gasteiger partial charge in [0.1, 0.15) is 0 Å². The zero-order valence-corrected chi connectivity index (χ0v) is 14.7. The number of benzene rings is 1. The topological polar surface area (TPSA) is 91.4 Å². The minimum Gasteiger partial charge on any atom is -0.493 e. The lowest BCUT2D eigenvalue weighted by atomic mass is 10.1. The molecule has 24 heavy (non-hydrogen) atoms. The summed E-state index contributed by atoms with van der Waals surface area (Å²) >= 11 is 0. The standard InChI is InChI=1S/C15H21NO7S/c1-20-12-8-11(9-15(17)22-3)14(10-13(12)21-2)24(18,19)16-4-6-23-7-5-16/h8,10H,4-7,9H2,1-3H3. The fourth-order valence-electron chi connectivity index (χ4n) is 2.43. The highest BCUT2D eigenvalue weighted by atomic mass is 32.2. The molecule has 1 aromatic rings. The number of ether oxygens (including phenoxy) is 4. The van der Waals surface area contributed by atoms with E-state index in [-0.39, 0.29) is 30.2 Å². The van der Waals surface area contributed by atoms with Gasteiger partial charge < -0.3 is 18.9 Å². The predicted molar refractivity (Wildman–Crippen MR) is 84.8 cm³/mol. The van der Waals surface area contributed by atoms with E-state index in [4.69, 9.17) is 14.2 Å². The molecule has 1 aliphatic heterocycles. The van der Waals surface area contributed by atoms with E-state index in [2.05, 4.69) is 4.74 Å². The van der Waals surface area contributed by atoms with Gasteiger partial charge in [0.25, 0.3) is 0 Å². The van der Waals surface area contributed by atoms with Crippen LogP contribution in [0.2, 0.25) is 0 Å². The molecule has 0 saturated carbocycles. The van der Waals surface area contributed by atoms with Crippen LogP contribution in [0.4, 0.5) is 0 Å². The maximum Gasteiger partial charge on any atom is 0.310 e. The molecule has 0 amide bonds. The number of nitrogens with zero attached hydrogens (tertiary/aromatic N) is 1. The zero-order chi connectivity index (χ0) is 17.7. The Bertz CT molecular complexity index is 696. The van der Waals surface area contributed by atoms with E-state index in [1.165, 1.54) is 37.8 Å². The Hall–Kier alpha value is -1.84. The number of hydrogen-bond acceptors (Lipinski definition) is 7. The van der Waals surface area contributed by atoms with Crippen LogP contribution in [-0.2, 0) is 30.7 Å². The van der Waals surface area contributed by atoms with Crippen molar-refractivity contribution < 1.29 is 32.2 Å². The highest BCUT2D eigenvalue weighted by Crippen LogP contribution is 2.34. The summed E-state index contributed by atoms with van der Waals surface area (Å²) in [6.45, 7) is 1.18. The number of hydrogen-bond donors (Lipinski definition) is 0. The average molecular weight is 359 g/mol. The molecule has 0 unspecified atom stereocenters. The first-order chi connectivity index (χ1) is 11.4. The van der Waals surface area contributed by atoms with Crippen LogP contribution in [0.5, 0.6) is 11.5 Å². The third-order valence-corrected chi connectivity index (χ3v) is 5.70. The zero-order valence-electron chi connectivity index (χ0n) is 13.9. The van der Waals surface area contributed by atoms with Crippen molar-refractivity contribution in [3.8, 4) is 11.5 Å². The number of esters is 1. The first kappa shape index (κ1) is 18.5. The fourth-order valence-corrected chi connectivity index (χ4v) is 4.06. The van der Waals surface area contributed by atoms with E-state index < -0.39 is 16.0 Å². The van der Waals surface area contributed by atoms with Crippen LogP contribution in [0.15, 0.2) is 17.0 Å². The van der Waals surface area contributed by atoms with Crippen molar-refractivity contribution in [2.45, 2.75) is 11.3 Å². The van der Waals surface area contributed by atoms with Crippen molar-refractivity contribution in [1.29, 1.82) is 0 Å². The van der Waals surface area contributed by atoms with Crippen LogP contribution >= 0.6 is 0 Å². The van der Waals surface area contributed by atoms with E-state index in [1.807, 2.05) is 0 Å². The van der Waals surface area contributed by atoms with Crippen LogP contribution in [0.3, 0.4) is 0 Å². The molecule has 1 saturated heterocycles. The Balaban J connectivity index is 2.54. The monoisotopic (exact) mass is 359 g/mol. The largest absolute Gasteiger partial charge is 0.493 e. The first-order valence-electron chi connectivity index (χ1n) is 7.33.